The molecule has 27 heavy (non-hydrogen) atoms. The number of benzene rings is 1. The van der Waals surface area contributed by atoms with Crippen molar-refractivity contribution in [1.82, 2.24) is 9.80 Å². The third kappa shape index (κ3) is 4.53. The highest BCUT2D eigenvalue weighted by Gasteiger charge is 2.38. The molecule has 6 nitrogen and oxygen atoms in total. The van der Waals surface area contributed by atoms with Crippen LogP contribution in [-0.2, 0) is 14.4 Å². The lowest BCUT2D eigenvalue weighted by Gasteiger charge is -2.33. The Morgan fingerprint density at radius 1 is 1.19 bits per heavy atom. The molecule has 1 N–H and O–H groups in total. The second kappa shape index (κ2) is 8.61. The standard InChI is InChI=1S/C20H25N3O3S/c1-3-18(24)22-10-8-15(9-11-22)20(26)23-13-27-12-17(23)19(25)21-16-6-4-14(2)5-7-16/h3-7,15,17H,1,8-13H2,2H3,(H,21,25). The average Bonchev–Trinajstić information content (AvgIpc) is 3.18. The van der Waals surface area contributed by atoms with E-state index in [1.54, 1.807) is 21.6 Å². The van der Waals surface area contributed by atoms with Gasteiger partial charge in [0.2, 0.25) is 17.7 Å². The summed E-state index contributed by atoms with van der Waals surface area (Å²) in [7, 11) is 0. The lowest BCUT2D eigenvalue weighted by atomic mass is 9.94. The van der Waals surface area contributed by atoms with Gasteiger partial charge in [0.1, 0.15) is 6.04 Å². The largest absolute Gasteiger partial charge is 0.339 e. The summed E-state index contributed by atoms with van der Waals surface area (Å²) in [6.45, 7) is 6.62. The van der Waals surface area contributed by atoms with Gasteiger partial charge in [-0.1, -0.05) is 24.3 Å². The first kappa shape index (κ1) is 19.5. The number of carbonyl (C=O) groups is 3. The van der Waals surface area contributed by atoms with Crippen LogP contribution in [0.1, 0.15) is 18.4 Å². The third-order valence-electron chi connectivity index (χ3n) is 5.12. The van der Waals surface area contributed by atoms with Crippen LogP contribution in [0.25, 0.3) is 0 Å². The summed E-state index contributed by atoms with van der Waals surface area (Å²) in [5.74, 6) is 0.805. The molecular weight excluding hydrogens is 362 g/mol. The number of anilines is 1. The molecule has 7 heteroatoms. The lowest BCUT2D eigenvalue weighted by molar-refractivity contribution is -0.142. The minimum atomic E-state index is -0.448. The van der Waals surface area contributed by atoms with E-state index in [2.05, 4.69) is 11.9 Å². The maximum absolute atomic E-state index is 13.0. The molecule has 2 heterocycles. The molecule has 0 saturated carbocycles. The Morgan fingerprint density at radius 2 is 1.85 bits per heavy atom. The molecule has 2 aliphatic rings. The molecule has 3 rings (SSSR count). The van der Waals surface area contributed by atoms with Gasteiger partial charge in [0.25, 0.3) is 0 Å². The molecule has 144 valence electrons. The minimum Gasteiger partial charge on any atom is -0.339 e. The fourth-order valence-corrected chi connectivity index (χ4v) is 4.61. The van der Waals surface area contributed by atoms with Crippen LogP contribution >= 0.6 is 11.8 Å². The van der Waals surface area contributed by atoms with E-state index < -0.39 is 6.04 Å². The second-order valence-electron chi connectivity index (χ2n) is 6.98. The fourth-order valence-electron chi connectivity index (χ4n) is 3.45. The van der Waals surface area contributed by atoms with Crippen LogP contribution in [-0.4, -0.2) is 58.3 Å². The maximum atomic E-state index is 13.0. The number of hydrogen-bond donors (Lipinski definition) is 1. The van der Waals surface area contributed by atoms with Crippen LogP contribution < -0.4 is 5.32 Å². The molecule has 0 aromatic heterocycles. The van der Waals surface area contributed by atoms with Crippen LogP contribution in [0, 0.1) is 12.8 Å². The third-order valence-corrected chi connectivity index (χ3v) is 6.13. The van der Waals surface area contributed by atoms with Gasteiger partial charge < -0.3 is 15.1 Å². The number of amides is 3. The van der Waals surface area contributed by atoms with E-state index in [9.17, 15) is 14.4 Å². The highest BCUT2D eigenvalue weighted by atomic mass is 32.2. The van der Waals surface area contributed by atoms with E-state index >= 15 is 0 Å². The van der Waals surface area contributed by atoms with Gasteiger partial charge in [0.05, 0.1) is 5.88 Å². The highest BCUT2D eigenvalue weighted by molar-refractivity contribution is 7.99. The summed E-state index contributed by atoms with van der Waals surface area (Å²) >= 11 is 1.60. The van der Waals surface area contributed by atoms with Crippen molar-refractivity contribution in [3.05, 3.63) is 42.5 Å². The van der Waals surface area contributed by atoms with Crippen molar-refractivity contribution < 1.29 is 14.4 Å². The molecule has 2 fully saturated rings. The smallest absolute Gasteiger partial charge is 0.248 e. The van der Waals surface area contributed by atoms with Crippen LogP contribution in [0.5, 0.6) is 0 Å². The number of nitrogens with zero attached hydrogens (tertiary/aromatic N) is 2. The van der Waals surface area contributed by atoms with Gasteiger partial charge in [-0.15, -0.1) is 11.8 Å². The molecule has 1 aromatic rings. The van der Waals surface area contributed by atoms with E-state index in [0.29, 0.717) is 37.6 Å². The van der Waals surface area contributed by atoms with E-state index in [1.165, 1.54) is 6.08 Å². The van der Waals surface area contributed by atoms with E-state index in [0.717, 1.165) is 11.3 Å². The number of nitrogens with one attached hydrogen (secondary N) is 1. The van der Waals surface area contributed by atoms with Gasteiger partial charge >= 0.3 is 0 Å². The molecule has 0 aliphatic carbocycles. The first-order valence-electron chi connectivity index (χ1n) is 9.16. The first-order chi connectivity index (χ1) is 13.0. The predicted octanol–water partition coefficient (Wildman–Crippen LogP) is 2.26. The number of carbonyl (C=O) groups excluding carboxylic acids is 3. The second-order valence-corrected chi connectivity index (χ2v) is 7.98. The zero-order valence-electron chi connectivity index (χ0n) is 15.5. The van der Waals surface area contributed by atoms with Crippen LogP contribution in [0.3, 0.4) is 0 Å². The van der Waals surface area contributed by atoms with Crippen LogP contribution in [0.15, 0.2) is 36.9 Å². The molecule has 0 spiro atoms. The van der Waals surface area contributed by atoms with Gasteiger partial charge in [-0.3, -0.25) is 14.4 Å². The van der Waals surface area contributed by atoms with Crippen molar-refractivity contribution in [3.63, 3.8) is 0 Å². The topological polar surface area (TPSA) is 69.7 Å². The van der Waals surface area contributed by atoms with Crippen molar-refractivity contribution in [2.45, 2.75) is 25.8 Å². The van der Waals surface area contributed by atoms with E-state index in [-0.39, 0.29) is 23.6 Å². The molecule has 0 bridgehead atoms. The summed E-state index contributed by atoms with van der Waals surface area (Å²) in [6, 6.07) is 7.18. The van der Waals surface area contributed by atoms with Gasteiger partial charge in [0.15, 0.2) is 0 Å². The van der Waals surface area contributed by atoms with E-state index in [4.69, 9.17) is 0 Å². The Labute approximate surface area is 164 Å². The van der Waals surface area contributed by atoms with Crippen molar-refractivity contribution in [2.24, 2.45) is 5.92 Å². The number of piperidine rings is 1. The zero-order chi connectivity index (χ0) is 19.4. The van der Waals surface area contributed by atoms with Crippen molar-refractivity contribution in [2.75, 3.05) is 30.0 Å². The summed E-state index contributed by atoms with van der Waals surface area (Å²) in [4.78, 5) is 40.8. The summed E-state index contributed by atoms with van der Waals surface area (Å²) in [6.07, 6.45) is 2.57. The fraction of sp³-hybridized carbons (Fsp3) is 0.450. The predicted molar refractivity (Wildman–Crippen MR) is 107 cm³/mol. The summed E-state index contributed by atoms with van der Waals surface area (Å²) < 4.78 is 0. The summed E-state index contributed by atoms with van der Waals surface area (Å²) in [5, 5.41) is 2.92. The number of hydrogen-bond acceptors (Lipinski definition) is 4. The molecule has 1 atom stereocenters. The Hall–Kier alpha value is -2.28. The first-order valence-corrected chi connectivity index (χ1v) is 10.3. The van der Waals surface area contributed by atoms with Crippen molar-refractivity contribution >= 4 is 35.2 Å². The Balaban J connectivity index is 1.59. The quantitative estimate of drug-likeness (QED) is 0.805. The highest BCUT2D eigenvalue weighted by Crippen LogP contribution is 2.28. The van der Waals surface area contributed by atoms with Gasteiger partial charge in [0, 0.05) is 30.4 Å². The number of likely N-dealkylation sites (tertiary alicyclic amines) is 1. The number of thioether (sulfide) groups is 1. The molecule has 3 amide bonds. The zero-order valence-corrected chi connectivity index (χ0v) is 16.3. The molecule has 1 unspecified atom stereocenters. The van der Waals surface area contributed by atoms with Crippen molar-refractivity contribution in [3.8, 4) is 0 Å². The van der Waals surface area contributed by atoms with Crippen molar-refractivity contribution in [1.29, 1.82) is 0 Å². The maximum Gasteiger partial charge on any atom is 0.248 e. The monoisotopic (exact) mass is 387 g/mol. The number of rotatable bonds is 4. The Morgan fingerprint density at radius 3 is 2.48 bits per heavy atom. The van der Waals surface area contributed by atoms with Gasteiger partial charge in [-0.05, 0) is 38.0 Å². The normalized spacial score (nSPS) is 20.4. The van der Waals surface area contributed by atoms with Crippen LogP contribution in [0.4, 0.5) is 5.69 Å². The number of aryl methyl sites for hydroxylation is 1. The average molecular weight is 388 g/mol. The molecular formula is C20H25N3O3S. The lowest BCUT2D eigenvalue weighted by Crippen LogP contribution is -2.49. The molecule has 2 aliphatic heterocycles. The summed E-state index contributed by atoms with van der Waals surface area (Å²) in [5.41, 5.74) is 1.87. The van der Waals surface area contributed by atoms with Gasteiger partial charge in [-0.2, -0.15) is 0 Å². The Bertz CT molecular complexity index is 726. The minimum absolute atomic E-state index is 0.0229. The SMILES string of the molecule is C=CC(=O)N1CCC(C(=O)N2CSCC2C(=O)Nc2ccc(C)cc2)CC1. The molecule has 1 aromatic carbocycles. The molecule has 0 radical (unpaired) electrons. The van der Waals surface area contributed by atoms with Gasteiger partial charge in [-0.25, -0.2) is 0 Å². The molecule has 2 saturated heterocycles. The Kier molecular flexibility index (Phi) is 6.21. The van der Waals surface area contributed by atoms with E-state index in [1.807, 2.05) is 31.2 Å². The van der Waals surface area contributed by atoms with Crippen LogP contribution in [0.2, 0.25) is 0 Å².